The third-order valence-corrected chi connectivity index (χ3v) is 1.87. The first kappa shape index (κ1) is 10.4. The molecule has 0 atom stereocenters. The molecule has 0 unspecified atom stereocenters. The number of pyridine rings is 1. The molecule has 2 rings (SSSR count). The first-order chi connectivity index (χ1) is 7.48. The van der Waals surface area contributed by atoms with Gasteiger partial charge in [0, 0.05) is 0 Å². The SMILES string of the molecule is Nc1cnc(C(F)(F)F)cc1-n1cncn1. The lowest BCUT2D eigenvalue weighted by Gasteiger charge is -2.09. The maximum absolute atomic E-state index is 12.4. The monoisotopic (exact) mass is 229 g/mol. The summed E-state index contributed by atoms with van der Waals surface area (Å²) in [6.45, 7) is 0. The third-order valence-electron chi connectivity index (χ3n) is 1.87. The van der Waals surface area contributed by atoms with Crippen LogP contribution >= 0.6 is 0 Å². The highest BCUT2D eigenvalue weighted by atomic mass is 19.4. The van der Waals surface area contributed by atoms with Crippen LogP contribution in [0.1, 0.15) is 5.69 Å². The molecule has 0 aliphatic heterocycles. The molecule has 2 heterocycles. The van der Waals surface area contributed by atoms with Crippen LogP contribution in [0, 0.1) is 0 Å². The molecule has 0 radical (unpaired) electrons. The molecule has 0 aliphatic carbocycles. The number of aromatic nitrogens is 4. The Hall–Kier alpha value is -2.12. The van der Waals surface area contributed by atoms with Crippen molar-refractivity contribution in [3.05, 3.63) is 30.6 Å². The highest BCUT2D eigenvalue weighted by molar-refractivity contribution is 5.56. The summed E-state index contributed by atoms with van der Waals surface area (Å²) in [6.07, 6.45) is -1.11. The molecule has 0 aromatic carbocycles. The number of halogens is 3. The first-order valence-corrected chi connectivity index (χ1v) is 4.16. The van der Waals surface area contributed by atoms with Gasteiger partial charge in [0.1, 0.15) is 18.3 Å². The van der Waals surface area contributed by atoms with Crippen LogP contribution in [0.4, 0.5) is 18.9 Å². The molecule has 84 valence electrons. The first-order valence-electron chi connectivity index (χ1n) is 4.16. The van der Waals surface area contributed by atoms with E-state index in [0.717, 1.165) is 16.9 Å². The number of alkyl halides is 3. The topological polar surface area (TPSA) is 69.6 Å². The van der Waals surface area contributed by atoms with Gasteiger partial charge in [0.25, 0.3) is 0 Å². The standard InChI is InChI=1S/C8H6F3N5/c9-8(10,11)7-1-6(5(12)2-14-7)16-4-13-3-15-16/h1-4H,12H2. The molecule has 2 aromatic heterocycles. The molecule has 16 heavy (non-hydrogen) atoms. The minimum absolute atomic E-state index is 0.0958. The second-order valence-electron chi connectivity index (χ2n) is 2.97. The lowest BCUT2D eigenvalue weighted by atomic mass is 10.3. The molecule has 0 spiro atoms. The second-order valence-corrected chi connectivity index (χ2v) is 2.97. The lowest BCUT2D eigenvalue weighted by Crippen LogP contribution is -2.11. The Morgan fingerprint density at radius 2 is 2.06 bits per heavy atom. The average molecular weight is 229 g/mol. The van der Waals surface area contributed by atoms with Gasteiger partial charge in [0.2, 0.25) is 0 Å². The van der Waals surface area contributed by atoms with Crippen molar-refractivity contribution in [2.45, 2.75) is 6.18 Å². The Bertz CT molecular complexity index is 491. The van der Waals surface area contributed by atoms with Gasteiger partial charge in [-0.1, -0.05) is 0 Å². The summed E-state index contributed by atoms with van der Waals surface area (Å²) < 4.78 is 38.3. The minimum atomic E-state index is -4.51. The number of nitrogens with two attached hydrogens (primary N) is 1. The van der Waals surface area contributed by atoms with Gasteiger partial charge < -0.3 is 5.73 Å². The molecule has 5 nitrogen and oxygen atoms in total. The van der Waals surface area contributed by atoms with Crippen molar-refractivity contribution in [2.24, 2.45) is 0 Å². The van der Waals surface area contributed by atoms with Crippen molar-refractivity contribution in [1.82, 2.24) is 19.7 Å². The predicted octanol–water partition coefficient (Wildman–Crippen LogP) is 1.26. The number of rotatable bonds is 1. The normalized spacial score (nSPS) is 11.7. The summed E-state index contributed by atoms with van der Waals surface area (Å²) in [4.78, 5) is 6.83. The van der Waals surface area contributed by atoms with E-state index in [0.29, 0.717) is 0 Å². The van der Waals surface area contributed by atoms with E-state index in [9.17, 15) is 13.2 Å². The molecule has 2 aromatic rings. The zero-order chi connectivity index (χ0) is 11.8. The van der Waals surface area contributed by atoms with E-state index in [-0.39, 0.29) is 11.4 Å². The molecule has 2 N–H and O–H groups in total. The van der Waals surface area contributed by atoms with Crippen LogP contribution in [-0.4, -0.2) is 19.7 Å². The van der Waals surface area contributed by atoms with Gasteiger partial charge in [-0.15, -0.1) is 0 Å². The van der Waals surface area contributed by atoms with Crippen molar-refractivity contribution < 1.29 is 13.2 Å². The molecular formula is C8H6F3N5. The van der Waals surface area contributed by atoms with Crippen LogP contribution in [0.3, 0.4) is 0 Å². The molecule has 0 saturated carbocycles. The van der Waals surface area contributed by atoms with Crippen LogP contribution in [0.25, 0.3) is 5.69 Å². The number of nitrogens with zero attached hydrogens (tertiary/aromatic N) is 4. The molecule has 0 saturated heterocycles. The molecule has 0 amide bonds. The van der Waals surface area contributed by atoms with Gasteiger partial charge in [-0.3, -0.25) is 0 Å². The van der Waals surface area contributed by atoms with E-state index >= 15 is 0 Å². The van der Waals surface area contributed by atoms with Crippen LogP contribution < -0.4 is 5.73 Å². The fraction of sp³-hybridized carbons (Fsp3) is 0.125. The quantitative estimate of drug-likeness (QED) is 0.799. The van der Waals surface area contributed by atoms with Crippen LogP contribution in [0.15, 0.2) is 24.9 Å². The number of hydrogen-bond acceptors (Lipinski definition) is 4. The van der Waals surface area contributed by atoms with E-state index in [1.54, 1.807) is 0 Å². The number of hydrogen-bond donors (Lipinski definition) is 1. The number of anilines is 1. The summed E-state index contributed by atoms with van der Waals surface area (Å²) in [5, 5.41) is 3.70. The van der Waals surface area contributed by atoms with Gasteiger partial charge >= 0.3 is 6.18 Å². The second kappa shape index (κ2) is 3.47. The zero-order valence-corrected chi connectivity index (χ0v) is 7.81. The van der Waals surface area contributed by atoms with Gasteiger partial charge in [-0.2, -0.15) is 18.3 Å². The Labute approximate surface area is 87.7 Å². The zero-order valence-electron chi connectivity index (χ0n) is 7.81. The Morgan fingerprint density at radius 3 is 2.62 bits per heavy atom. The highest BCUT2D eigenvalue weighted by Crippen LogP contribution is 2.29. The van der Waals surface area contributed by atoms with Crippen LogP contribution in [0.5, 0.6) is 0 Å². The summed E-state index contributed by atoms with van der Waals surface area (Å²) in [7, 11) is 0. The van der Waals surface area contributed by atoms with E-state index < -0.39 is 11.9 Å². The van der Waals surface area contributed by atoms with Crippen molar-refractivity contribution in [1.29, 1.82) is 0 Å². The van der Waals surface area contributed by atoms with E-state index in [2.05, 4.69) is 15.1 Å². The Morgan fingerprint density at radius 1 is 1.31 bits per heavy atom. The third kappa shape index (κ3) is 1.81. The smallest absolute Gasteiger partial charge is 0.396 e. The van der Waals surface area contributed by atoms with Crippen molar-refractivity contribution in [2.75, 3.05) is 5.73 Å². The molecule has 8 heteroatoms. The maximum atomic E-state index is 12.4. The molecule has 0 fully saturated rings. The predicted molar refractivity (Wildman–Crippen MR) is 48.6 cm³/mol. The fourth-order valence-electron chi connectivity index (χ4n) is 1.14. The van der Waals surface area contributed by atoms with Crippen LogP contribution in [-0.2, 0) is 6.18 Å². The summed E-state index contributed by atoms with van der Waals surface area (Å²) >= 11 is 0. The van der Waals surface area contributed by atoms with E-state index in [1.165, 1.54) is 12.7 Å². The molecule has 0 aliphatic rings. The van der Waals surface area contributed by atoms with Gasteiger partial charge in [0.05, 0.1) is 17.6 Å². The summed E-state index contributed by atoms with van der Waals surface area (Å²) in [6, 6.07) is 0.823. The van der Waals surface area contributed by atoms with Crippen LogP contribution in [0.2, 0.25) is 0 Å². The van der Waals surface area contributed by atoms with Gasteiger partial charge in [-0.25, -0.2) is 14.6 Å². The number of nitrogen functional groups attached to an aromatic ring is 1. The Kier molecular flexibility index (Phi) is 2.26. The largest absolute Gasteiger partial charge is 0.433 e. The molecule has 0 bridgehead atoms. The van der Waals surface area contributed by atoms with Gasteiger partial charge in [0.15, 0.2) is 0 Å². The van der Waals surface area contributed by atoms with Crippen molar-refractivity contribution in [3.63, 3.8) is 0 Å². The summed E-state index contributed by atoms with van der Waals surface area (Å²) in [5.41, 5.74) is 4.68. The van der Waals surface area contributed by atoms with Crippen molar-refractivity contribution >= 4 is 5.69 Å². The lowest BCUT2D eigenvalue weighted by molar-refractivity contribution is -0.141. The van der Waals surface area contributed by atoms with Crippen molar-refractivity contribution in [3.8, 4) is 5.69 Å². The Balaban J connectivity index is 2.54. The summed E-state index contributed by atoms with van der Waals surface area (Å²) in [5.74, 6) is 0. The van der Waals surface area contributed by atoms with Gasteiger partial charge in [-0.05, 0) is 6.07 Å². The fourth-order valence-corrected chi connectivity index (χ4v) is 1.14. The maximum Gasteiger partial charge on any atom is 0.433 e. The average Bonchev–Trinajstić information content (AvgIpc) is 2.69. The highest BCUT2D eigenvalue weighted by Gasteiger charge is 2.33. The van der Waals surface area contributed by atoms with E-state index in [1.807, 2.05) is 0 Å². The molecular weight excluding hydrogens is 223 g/mol. The minimum Gasteiger partial charge on any atom is -0.396 e. The van der Waals surface area contributed by atoms with E-state index in [4.69, 9.17) is 5.73 Å².